The lowest BCUT2D eigenvalue weighted by atomic mass is 10.0. The van der Waals surface area contributed by atoms with Crippen LogP contribution < -0.4 is 0 Å². The molecular weight excluding hydrogens is 1010 g/mol. The normalized spacial score (nSPS) is 12.8. The van der Waals surface area contributed by atoms with E-state index in [1.807, 2.05) is 0 Å². The van der Waals surface area contributed by atoms with E-state index in [9.17, 15) is 14.4 Å². The van der Waals surface area contributed by atoms with E-state index >= 15 is 0 Å². The highest BCUT2D eigenvalue weighted by Gasteiger charge is 2.19. The summed E-state index contributed by atoms with van der Waals surface area (Å²) < 4.78 is 17.0. The fraction of sp³-hybridized carbons (Fsp3) is 0.724. The Morgan fingerprint density at radius 3 is 0.756 bits per heavy atom. The van der Waals surface area contributed by atoms with Gasteiger partial charge in [-0.2, -0.15) is 0 Å². The molecule has 0 amide bonds. The van der Waals surface area contributed by atoms with Crippen molar-refractivity contribution in [2.75, 3.05) is 13.2 Å². The van der Waals surface area contributed by atoms with Gasteiger partial charge < -0.3 is 14.2 Å². The fourth-order valence-corrected chi connectivity index (χ4v) is 9.83. The van der Waals surface area contributed by atoms with Crippen LogP contribution in [0.15, 0.2) is 109 Å². The van der Waals surface area contributed by atoms with Gasteiger partial charge in [0.05, 0.1) is 0 Å². The highest BCUT2D eigenvalue weighted by Crippen LogP contribution is 2.17. The minimum Gasteiger partial charge on any atom is -0.462 e. The second-order valence-corrected chi connectivity index (χ2v) is 23.0. The first kappa shape index (κ1) is 78.1. The summed E-state index contributed by atoms with van der Waals surface area (Å²) in [5.74, 6) is -0.880. The molecule has 0 aromatic carbocycles. The maximum atomic E-state index is 13.0. The monoisotopic (exact) mass is 1140 g/mol. The summed E-state index contributed by atoms with van der Waals surface area (Å²) >= 11 is 0. The molecule has 0 aliphatic carbocycles. The summed E-state index contributed by atoms with van der Waals surface area (Å²) in [6, 6.07) is 0. The Bertz CT molecular complexity index is 1640. The summed E-state index contributed by atoms with van der Waals surface area (Å²) in [4.78, 5) is 38.5. The van der Waals surface area contributed by atoms with Gasteiger partial charge in [0, 0.05) is 19.3 Å². The Morgan fingerprint density at radius 2 is 0.476 bits per heavy atom. The van der Waals surface area contributed by atoms with Crippen molar-refractivity contribution in [3.63, 3.8) is 0 Å². The van der Waals surface area contributed by atoms with Crippen LogP contribution in [0.2, 0.25) is 0 Å². The van der Waals surface area contributed by atoms with Crippen LogP contribution in [0.25, 0.3) is 0 Å². The smallest absolute Gasteiger partial charge is 0.306 e. The van der Waals surface area contributed by atoms with Crippen LogP contribution in [-0.4, -0.2) is 37.2 Å². The topological polar surface area (TPSA) is 78.9 Å². The second-order valence-electron chi connectivity index (χ2n) is 23.0. The van der Waals surface area contributed by atoms with Gasteiger partial charge in [0.1, 0.15) is 13.2 Å². The zero-order valence-corrected chi connectivity index (χ0v) is 54.0. The molecule has 0 saturated carbocycles. The summed E-state index contributed by atoms with van der Waals surface area (Å²) in [5.41, 5.74) is 0. The van der Waals surface area contributed by atoms with E-state index in [1.165, 1.54) is 180 Å². The number of allylic oxidation sites excluding steroid dienone is 18. The molecule has 0 spiro atoms. The van der Waals surface area contributed by atoms with Crippen molar-refractivity contribution in [3.05, 3.63) is 109 Å². The second kappa shape index (κ2) is 69.6. The molecule has 0 aliphatic rings. The largest absolute Gasteiger partial charge is 0.462 e. The molecule has 82 heavy (non-hydrogen) atoms. The Labute approximate surface area is 508 Å². The quantitative estimate of drug-likeness (QED) is 0.0261. The molecule has 0 bridgehead atoms. The molecule has 0 aromatic rings. The van der Waals surface area contributed by atoms with Gasteiger partial charge in [-0.15, -0.1) is 0 Å². The zero-order valence-electron chi connectivity index (χ0n) is 54.0. The van der Waals surface area contributed by atoms with E-state index in [0.29, 0.717) is 19.3 Å². The Hall–Kier alpha value is -3.93. The molecule has 0 aromatic heterocycles. The number of unbranched alkanes of at least 4 members (excludes halogenated alkanes) is 34. The maximum absolute atomic E-state index is 13.0. The maximum Gasteiger partial charge on any atom is 0.306 e. The summed E-state index contributed by atoms with van der Waals surface area (Å²) in [5, 5.41) is 0. The van der Waals surface area contributed by atoms with Crippen molar-refractivity contribution in [3.8, 4) is 0 Å². The summed E-state index contributed by atoms with van der Waals surface area (Å²) in [7, 11) is 0. The Balaban J connectivity index is 4.31. The highest BCUT2D eigenvalue weighted by atomic mass is 16.6. The third-order valence-corrected chi connectivity index (χ3v) is 15.0. The van der Waals surface area contributed by atoms with E-state index in [-0.39, 0.29) is 31.1 Å². The summed E-state index contributed by atoms with van der Waals surface area (Å²) in [6.45, 7) is 6.43. The van der Waals surface area contributed by atoms with Crippen LogP contribution in [0.4, 0.5) is 0 Å². The predicted octanol–water partition coefficient (Wildman–Crippen LogP) is 24.2. The van der Waals surface area contributed by atoms with Gasteiger partial charge in [0.2, 0.25) is 0 Å². The first-order valence-electron chi connectivity index (χ1n) is 34.9. The van der Waals surface area contributed by atoms with Crippen LogP contribution >= 0.6 is 0 Å². The van der Waals surface area contributed by atoms with Gasteiger partial charge >= 0.3 is 17.9 Å². The zero-order chi connectivity index (χ0) is 59.2. The van der Waals surface area contributed by atoms with Crippen molar-refractivity contribution < 1.29 is 28.6 Å². The average Bonchev–Trinajstić information content (AvgIpc) is 3.47. The van der Waals surface area contributed by atoms with Gasteiger partial charge in [-0.3, -0.25) is 14.4 Å². The third-order valence-electron chi connectivity index (χ3n) is 15.0. The van der Waals surface area contributed by atoms with Gasteiger partial charge in [-0.25, -0.2) is 0 Å². The van der Waals surface area contributed by atoms with Crippen molar-refractivity contribution in [1.29, 1.82) is 0 Å². The predicted molar refractivity (Wildman–Crippen MR) is 357 cm³/mol. The van der Waals surface area contributed by atoms with Gasteiger partial charge in [0.15, 0.2) is 6.10 Å². The minimum absolute atomic E-state index is 0.0809. The lowest BCUT2D eigenvalue weighted by Crippen LogP contribution is -2.30. The minimum atomic E-state index is -0.786. The van der Waals surface area contributed by atoms with Crippen LogP contribution in [0.1, 0.15) is 335 Å². The SMILES string of the molecule is CC/C=C\C/C=C\C/C=C\C/C=C\CCCCCCCCCCCCCCC(=O)OCC(COC(=O)CCCCCCC/C=C\CCCCCCC)OC(=O)CCCCCCCCCCCCCC/C=C\C/C=C\C/C=C\C/C=C\CC. The molecule has 0 fully saturated rings. The molecular formula is C76H130O6. The highest BCUT2D eigenvalue weighted by molar-refractivity contribution is 5.71. The molecule has 1 unspecified atom stereocenters. The van der Waals surface area contributed by atoms with Crippen LogP contribution in [0.3, 0.4) is 0 Å². The van der Waals surface area contributed by atoms with Crippen molar-refractivity contribution in [2.24, 2.45) is 0 Å². The molecule has 6 heteroatoms. The van der Waals surface area contributed by atoms with Crippen LogP contribution in [0, 0.1) is 0 Å². The number of carbonyl (C=O) groups is 3. The fourth-order valence-electron chi connectivity index (χ4n) is 9.83. The number of carbonyl (C=O) groups excluding carboxylic acids is 3. The van der Waals surface area contributed by atoms with E-state index < -0.39 is 6.10 Å². The molecule has 0 rings (SSSR count). The first-order valence-corrected chi connectivity index (χ1v) is 34.9. The standard InChI is InChI=1S/C76H130O6/c1-4-7-10-13-16-19-22-25-28-30-32-34-36-38-40-42-44-46-48-51-54-57-60-63-66-69-75(78)81-72-73(71-80-74(77)68-65-62-59-56-53-50-27-24-21-18-15-12-9-6-3)82-76(79)70-67-64-61-58-55-52-49-47-45-43-41-39-37-35-33-31-29-26-23-20-17-14-11-8-5-2/h7-8,10-11,16-17,19-20,24-29,32-35,73H,4-6,9,12-15,18,21-23,30-31,36-72H2,1-3H3/b10-7-,11-8-,19-16-,20-17-,27-24-,28-25-,29-26-,34-32-,35-33-. The third kappa shape index (κ3) is 66.9. The molecule has 0 aliphatic heterocycles. The number of rotatable bonds is 63. The molecule has 6 nitrogen and oxygen atoms in total. The molecule has 1 atom stereocenters. The van der Waals surface area contributed by atoms with E-state index in [4.69, 9.17) is 14.2 Å². The van der Waals surface area contributed by atoms with E-state index in [2.05, 4.69) is 130 Å². The van der Waals surface area contributed by atoms with Gasteiger partial charge in [-0.05, 0) is 122 Å². The van der Waals surface area contributed by atoms with Crippen molar-refractivity contribution in [1.82, 2.24) is 0 Å². The Morgan fingerprint density at radius 1 is 0.256 bits per heavy atom. The number of ether oxygens (including phenoxy) is 3. The van der Waals surface area contributed by atoms with Crippen LogP contribution in [0.5, 0.6) is 0 Å². The molecule has 470 valence electrons. The van der Waals surface area contributed by atoms with Crippen LogP contribution in [-0.2, 0) is 28.6 Å². The molecule has 0 N–H and O–H groups in total. The van der Waals surface area contributed by atoms with E-state index in [0.717, 1.165) is 116 Å². The lowest BCUT2D eigenvalue weighted by Gasteiger charge is -2.18. The number of hydrogen-bond acceptors (Lipinski definition) is 6. The van der Waals surface area contributed by atoms with Gasteiger partial charge in [0.25, 0.3) is 0 Å². The van der Waals surface area contributed by atoms with Gasteiger partial charge in [-0.1, -0.05) is 304 Å². The first-order chi connectivity index (χ1) is 40.5. The molecule has 0 heterocycles. The van der Waals surface area contributed by atoms with E-state index in [1.54, 1.807) is 0 Å². The number of esters is 3. The van der Waals surface area contributed by atoms with Crippen molar-refractivity contribution in [2.45, 2.75) is 341 Å². The van der Waals surface area contributed by atoms with Crippen molar-refractivity contribution >= 4 is 17.9 Å². The molecule has 0 radical (unpaired) electrons. The number of hydrogen-bond donors (Lipinski definition) is 0. The average molecular weight is 1140 g/mol. The Kier molecular flexibility index (Phi) is 66.2. The molecule has 0 saturated heterocycles. The lowest BCUT2D eigenvalue weighted by molar-refractivity contribution is -0.167. The summed E-state index contributed by atoms with van der Waals surface area (Å²) in [6.07, 6.45) is 95.3.